The molecule has 0 aromatic heterocycles. The molecule has 1 unspecified atom stereocenters. The third-order valence-electron chi connectivity index (χ3n) is 1.58. The minimum atomic E-state index is 0.126. The zero-order chi connectivity index (χ0) is 8.10. The second kappa shape index (κ2) is 4.16. The molecule has 0 fully saturated rings. The van der Waals surface area contributed by atoms with E-state index in [1.54, 1.807) is 0 Å². The number of allylic oxidation sites excluding steroid dienone is 2. The van der Waals surface area contributed by atoms with Gasteiger partial charge in [0.15, 0.2) is 0 Å². The lowest BCUT2D eigenvalue weighted by atomic mass is 10.1. The SMILES string of the molecule is NC1C=CC=C(NCCO)C1. The first kappa shape index (κ1) is 8.30. The van der Waals surface area contributed by atoms with Crippen LogP contribution in [0.5, 0.6) is 0 Å². The molecule has 0 aliphatic heterocycles. The van der Waals surface area contributed by atoms with E-state index in [2.05, 4.69) is 5.32 Å². The Balaban J connectivity index is 2.33. The predicted octanol–water partition coefficient (Wildman–Crippen LogP) is -0.261. The summed E-state index contributed by atoms with van der Waals surface area (Å²) in [6, 6.07) is 0.126. The van der Waals surface area contributed by atoms with E-state index in [4.69, 9.17) is 10.8 Å². The van der Waals surface area contributed by atoms with Gasteiger partial charge < -0.3 is 16.2 Å². The summed E-state index contributed by atoms with van der Waals surface area (Å²) >= 11 is 0. The van der Waals surface area contributed by atoms with Gasteiger partial charge in [0.2, 0.25) is 0 Å². The quantitative estimate of drug-likeness (QED) is 0.525. The van der Waals surface area contributed by atoms with E-state index in [0.29, 0.717) is 6.54 Å². The summed E-state index contributed by atoms with van der Waals surface area (Å²) in [6.45, 7) is 0.767. The zero-order valence-corrected chi connectivity index (χ0v) is 6.46. The molecular formula is C8H14N2O. The summed E-state index contributed by atoms with van der Waals surface area (Å²) in [6.07, 6.45) is 6.73. The molecule has 1 atom stereocenters. The molecule has 1 rings (SSSR count). The zero-order valence-electron chi connectivity index (χ0n) is 6.46. The molecule has 0 saturated carbocycles. The van der Waals surface area contributed by atoms with Crippen LogP contribution in [-0.2, 0) is 0 Å². The van der Waals surface area contributed by atoms with Crippen molar-refractivity contribution in [3.63, 3.8) is 0 Å². The van der Waals surface area contributed by atoms with Crippen molar-refractivity contribution in [2.45, 2.75) is 12.5 Å². The fourth-order valence-electron chi connectivity index (χ4n) is 1.05. The maximum atomic E-state index is 8.52. The highest BCUT2D eigenvalue weighted by Crippen LogP contribution is 2.07. The Morgan fingerprint density at radius 3 is 3.18 bits per heavy atom. The molecular weight excluding hydrogens is 140 g/mol. The van der Waals surface area contributed by atoms with E-state index < -0.39 is 0 Å². The summed E-state index contributed by atoms with van der Waals surface area (Å²) in [4.78, 5) is 0. The third-order valence-corrected chi connectivity index (χ3v) is 1.58. The van der Waals surface area contributed by atoms with Gasteiger partial charge in [0.25, 0.3) is 0 Å². The first-order valence-electron chi connectivity index (χ1n) is 3.80. The fraction of sp³-hybridized carbons (Fsp3) is 0.500. The van der Waals surface area contributed by atoms with Gasteiger partial charge in [0.1, 0.15) is 0 Å². The van der Waals surface area contributed by atoms with Crippen LogP contribution >= 0.6 is 0 Å². The fourth-order valence-corrected chi connectivity index (χ4v) is 1.05. The largest absolute Gasteiger partial charge is 0.395 e. The van der Waals surface area contributed by atoms with Crippen LogP contribution in [0.2, 0.25) is 0 Å². The van der Waals surface area contributed by atoms with Crippen molar-refractivity contribution in [1.82, 2.24) is 5.32 Å². The maximum absolute atomic E-state index is 8.52. The number of hydrogen-bond donors (Lipinski definition) is 3. The van der Waals surface area contributed by atoms with Gasteiger partial charge in [-0.25, -0.2) is 0 Å². The van der Waals surface area contributed by atoms with Gasteiger partial charge in [-0.1, -0.05) is 12.2 Å². The Labute approximate surface area is 66.6 Å². The van der Waals surface area contributed by atoms with Crippen molar-refractivity contribution < 1.29 is 5.11 Å². The van der Waals surface area contributed by atoms with E-state index >= 15 is 0 Å². The van der Waals surface area contributed by atoms with Crippen LogP contribution in [0.1, 0.15) is 6.42 Å². The van der Waals surface area contributed by atoms with Crippen molar-refractivity contribution in [2.75, 3.05) is 13.2 Å². The molecule has 0 radical (unpaired) electrons. The Morgan fingerprint density at radius 1 is 1.73 bits per heavy atom. The number of hydrogen-bond acceptors (Lipinski definition) is 3. The van der Waals surface area contributed by atoms with Crippen molar-refractivity contribution >= 4 is 0 Å². The number of nitrogens with one attached hydrogen (secondary N) is 1. The van der Waals surface area contributed by atoms with Gasteiger partial charge in [-0.05, 0) is 6.08 Å². The van der Waals surface area contributed by atoms with Crippen molar-refractivity contribution in [3.05, 3.63) is 23.9 Å². The van der Waals surface area contributed by atoms with E-state index in [-0.39, 0.29) is 12.6 Å². The number of rotatable bonds is 3. The maximum Gasteiger partial charge on any atom is 0.0603 e. The molecule has 0 spiro atoms. The lowest BCUT2D eigenvalue weighted by molar-refractivity contribution is 0.296. The molecule has 4 N–H and O–H groups in total. The minimum Gasteiger partial charge on any atom is -0.395 e. The van der Waals surface area contributed by atoms with Gasteiger partial charge >= 0.3 is 0 Å². The second-order valence-corrected chi connectivity index (χ2v) is 2.60. The van der Waals surface area contributed by atoms with Crippen LogP contribution in [-0.4, -0.2) is 24.3 Å². The molecule has 3 heteroatoms. The number of aliphatic hydroxyl groups excluding tert-OH is 1. The van der Waals surface area contributed by atoms with Crippen molar-refractivity contribution in [3.8, 4) is 0 Å². The smallest absolute Gasteiger partial charge is 0.0603 e. The first-order valence-corrected chi connectivity index (χ1v) is 3.80. The topological polar surface area (TPSA) is 58.3 Å². The van der Waals surface area contributed by atoms with Gasteiger partial charge in [0, 0.05) is 24.7 Å². The average Bonchev–Trinajstić information content (AvgIpc) is 2.01. The van der Waals surface area contributed by atoms with Crippen LogP contribution in [0, 0.1) is 0 Å². The lowest BCUT2D eigenvalue weighted by Crippen LogP contribution is -2.26. The molecule has 0 bridgehead atoms. The van der Waals surface area contributed by atoms with Gasteiger partial charge in [-0.3, -0.25) is 0 Å². The van der Waals surface area contributed by atoms with Crippen LogP contribution in [0.3, 0.4) is 0 Å². The number of nitrogens with two attached hydrogens (primary N) is 1. The molecule has 0 heterocycles. The molecule has 0 saturated heterocycles. The summed E-state index contributed by atoms with van der Waals surface area (Å²) in [5.41, 5.74) is 6.77. The molecule has 1 aliphatic rings. The first-order chi connectivity index (χ1) is 5.33. The van der Waals surface area contributed by atoms with Crippen LogP contribution < -0.4 is 11.1 Å². The summed E-state index contributed by atoms with van der Waals surface area (Å²) in [5.74, 6) is 0. The standard InChI is InChI=1S/C8H14N2O/c9-7-2-1-3-8(6-7)10-4-5-11/h1-3,7,10-11H,4-6,9H2. The highest BCUT2D eigenvalue weighted by Gasteiger charge is 2.04. The van der Waals surface area contributed by atoms with E-state index in [9.17, 15) is 0 Å². The van der Waals surface area contributed by atoms with Crippen molar-refractivity contribution in [2.24, 2.45) is 5.73 Å². The molecule has 62 valence electrons. The van der Waals surface area contributed by atoms with E-state index in [1.165, 1.54) is 0 Å². The second-order valence-electron chi connectivity index (χ2n) is 2.60. The highest BCUT2D eigenvalue weighted by molar-refractivity contribution is 5.20. The molecule has 11 heavy (non-hydrogen) atoms. The van der Waals surface area contributed by atoms with Crippen LogP contribution in [0.4, 0.5) is 0 Å². The molecule has 1 aliphatic carbocycles. The summed E-state index contributed by atoms with van der Waals surface area (Å²) < 4.78 is 0. The van der Waals surface area contributed by atoms with Crippen molar-refractivity contribution in [1.29, 1.82) is 0 Å². The van der Waals surface area contributed by atoms with Crippen LogP contribution in [0.25, 0.3) is 0 Å². The molecule has 3 nitrogen and oxygen atoms in total. The van der Waals surface area contributed by atoms with Gasteiger partial charge in [-0.15, -0.1) is 0 Å². The summed E-state index contributed by atoms with van der Waals surface area (Å²) in [5, 5.41) is 11.6. The Kier molecular flexibility index (Phi) is 3.14. The monoisotopic (exact) mass is 154 g/mol. The lowest BCUT2D eigenvalue weighted by Gasteiger charge is -2.15. The Morgan fingerprint density at radius 2 is 2.55 bits per heavy atom. The van der Waals surface area contributed by atoms with E-state index in [1.807, 2.05) is 18.2 Å². The summed E-state index contributed by atoms with van der Waals surface area (Å²) in [7, 11) is 0. The number of aliphatic hydroxyl groups is 1. The third kappa shape index (κ3) is 2.74. The predicted molar refractivity (Wildman–Crippen MR) is 44.9 cm³/mol. The normalized spacial score (nSPS) is 23.1. The minimum absolute atomic E-state index is 0.126. The molecule has 0 aromatic carbocycles. The Hall–Kier alpha value is -0.800. The van der Waals surface area contributed by atoms with Crippen LogP contribution in [0.15, 0.2) is 23.9 Å². The van der Waals surface area contributed by atoms with Gasteiger partial charge in [0.05, 0.1) is 6.61 Å². The van der Waals surface area contributed by atoms with Gasteiger partial charge in [-0.2, -0.15) is 0 Å². The highest BCUT2D eigenvalue weighted by atomic mass is 16.3. The van der Waals surface area contributed by atoms with E-state index in [0.717, 1.165) is 12.1 Å². The molecule has 0 aromatic rings. The molecule has 0 amide bonds. The average molecular weight is 154 g/mol. The Bertz CT molecular complexity index is 175.